The van der Waals surface area contributed by atoms with Crippen LogP contribution in [0.4, 0.5) is 0 Å². The molecular formula is C19H20O3. The number of hydrogen-bond acceptors (Lipinski definition) is 2. The molecule has 0 radical (unpaired) electrons. The highest BCUT2D eigenvalue weighted by atomic mass is 16.5. The van der Waals surface area contributed by atoms with E-state index in [9.17, 15) is 4.79 Å². The van der Waals surface area contributed by atoms with Gasteiger partial charge in [-0.3, -0.25) is 4.79 Å². The number of carboxylic acids is 1. The Labute approximate surface area is 130 Å². The molecule has 0 spiro atoms. The number of aliphatic carboxylic acids is 1. The highest BCUT2D eigenvalue weighted by molar-refractivity contribution is 5.67. The number of aryl methyl sites for hydroxylation is 1. The molecule has 0 aliphatic heterocycles. The Balaban J connectivity index is 2.09. The molecule has 2 aromatic carbocycles. The van der Waals surface area contributed by atoms with Gasteiger partial charge in [-0.25, -0.2) is 0 Å². The molecule has 22 heavy (non-hydrogen) atoms. The minimum absolute atomic E-state index is 0.137. The summed E-state index contributed by atoms with van der Waals surface area (Å²) >= 11 is 0. The molecule has 0 heterocycles. The first-order valence-electron chi connectivity index (χ1n) is 7.30. The molecule has 0 bridgehead atoms. The zero-order chi connectivity index (χ0) is 15.8. The summed E-state index contributed by atoms with van der Waals surface area (Å²) in [6, 6.07) is 15.8. The Morgan fingerprint density at radius 2 is 1.91 bits per heavy atom. The average Bonchev–Trinajstić information content (AvgIpc) is 2.53. The average molecular weight is 296 g/mol. The molecule has 0 fully saturated rings. The van der Waals surface area contributed by atoms with E-state index in [0.29, 0.717) is 19.4 Å². The maximum Gasteiger partial charge on any atom is 0.303 e. The van der Waals surface area contributed by atoms with Gasteiger partial charge in [0.05, 0.1) is 0 Å². The normalized spacial score (nSPS) is 10.2. The molecule has 114 valence electrons. The highest BCUT2D eigenvalue weighted by Gasteiger charge is 2.06. The lowest BCUT2D eigenvalue weighted by atomic mass is 10.0. The third-order valence-electron chi connectivity index (χ3n) is 3.35. The van der Waals surface area contributed by atoms with E-state index in [4.69, 9.17) is 9.84 Å². The van der Waals surface area contributed by atoms with Gasteiger partial charge in [0.15, 0.2) is 0 Å². The van der Waals surface area contributed by atoms with Crippen molar-refractivity contribution in [3.8, 4) is 5.75 Å². The van der Waals surface area contributed by atoms with Gasteiger partial charge in [0.25, 0.3) is 0 Å². The lowest BCUT2D eigenvalue weighted by Gasteiger charge is -2.12. The summed E-state index contributed by atoms with van der Waals surface area (Å²) in [6.07, 6.45) is 3.19. The molecular weight excluding hydrogens is 276 g/mol. The zero-order valence-electron chi connectivity index (χ0n) is 12.5. The molecule has 2 aromatic rings. The molecule has 1 N–H and O–H groups in total. The van der Waals surface area contributed by atoms with E-state index in [0.717, 1.165) is 22.4 Å². The van der Waals surface area contributed by atoms with Gasteiger partial charge in [-0.2, -0.15) is 0 Å². The molecule has 3 nitrogen and oxygen atoms in total. The topological polar surface area (TPSA) is 46.5 Å². The van der Waals surface area contributed by atoms with Crippen molar-refractivity contribution in [2.75, 3.05) is 0 Å². The Morgan fingerprint density at radius 3 is 2.59 bits per heavy atom. The minimum Gasteiger partial charge on any atom is -0.489 e. The predicted molar refractivity (Wildman–Crippen MR) is 87.1 cm³/mol. The number of allylic oxidation sites excluding steroid dienone is 1. The number of carbonyl (C=O) groups is 1. The van der Waals surface area contributed by atoms with Crippen LogP contribution in [0.5, 0.6) is 5.75 Å². The zero-order valence-corrected chi connectivity index (χ0v) is 12.5. The monoisotopic (exact) mass is 296 g/mol. The second-order valence-corrected chi connectivity index (χ2v) is 5.10. The Bertz CT molecular complexity index is 632. The van der Waals surface area contributed by atoms with Crippen molar-refractivity contribution >= 4 is 5.97 Å². The SMILES string of the molecule is C=CCc1cc(CCC(=O)O)ccc1OCc1ccccc1. The molecule has 0 aromatic heterocycles. The van der Waals surface area contributed by atoms with Crippen LogP contribution in [0.25, 0.3) is 0 Å². The van der Waals surface area contributed by atoms with Gasteiger partial charge in [-0.05, 0) is 35.6 Å². The van der Waals surface area contributed by atoms with Gasteiger partial charge in [-0.15, -0.1) is 6.58 Å². The number of carboxylic acid groups (broad SMARTS) is 1. The van der Waals surface area contributed by atoms with Crippen molar-refractivity contribution in [2.24, 2.45) is 0 Å². The summed E-state index contributed by atoms with van der Waals surface area (Å²) < 4.78 is 5.89. The van der Waals surface area contributed by atoms with Crippen LogP contribution in [-0.2, 0) is 24.2 Å². The van der Waals surface area contributed by atoms with Crippen molar-refractivity contribution in [2.45, 2.75) is 25.9 Å². The van der Waals surface area contributed by atoms with Crippen molar-refractivity contribution < 1.29 is 14.6 Å². The molecule has 2 rings (SSSR count). The minimum atomic E-state index is -0.783. The second-order valence-electron chi connectivity index (χ2n) is 5.10. The Kier molecular flexibility index (Phi) is 5.78. The van der Waals surface area contributed by atoms with Gasteiger partial charge < -0.3 is 9.84 Å². The van der Waals surface area contributed by atoms with Gasteiger partial charge in [0, 0.05) is 6.42 Å². The summed E-state index contributed by atoms with van der Waals surface area (Å²) in [5.41, 5.74) is 3.15. The third-order valence-corrected chi connectivity index (χ3v) is 3.35. The second kappa shape index (κ2) is 8.03. The fraction of sp³-hybridized carbons (Fsp3) is 0.211. The number of ether oxygens (including phenoxy) is 1. The summed E-state index contributed by atoms with van der Waals surface area (Å²) in [7, 11) is 0. The van der Waals surface area contributed by atoms with E-state index in [-0.39, 0.29) is 6.42 Å². The van der Waals surface area contributed by atoms with Crippen LogP contribution in [0.1, 0.15) is 23.1 Å². The molecule has 0 saturated heterocycles. The third kappa shape index (κ3) is 4.77. The highest BCUT2D eigenvalue weighted by Crippen LogP contribution is 2.23. The fourth-order valence-corrected chi connectivity index (χ4v) is 2.23. The van der Waals surface area contributed by atoms with Gasteiger partial charge in [0.1, 0.15) is 12.4 Å². The summed E-state index contributed by atoms with van der Waals surface area (Å²) in [5, 5.41) is 8.77. The van der Waals surface area contributed by atoms with Gasteiger partial charge >= 0.3 is 5.97 Å². The number of rotatable bonds is 8. The smallest absolute Gasteiger partial charge is 0.303 e. The van der Waals surface area contributed by atoms with Crippen LogP contribution in [-0.4, -0.2) is 11.1 Å². The molecule has 0 amide bonds. The maximum atomic E-state index is 10.7. The standard InChI is InChI=1S/C19H20O3/c1-2-6-17-13-15(10-12-19(20)21)9-11-18(17)22-14-16-7-4-3-5-8-16/h2-5,7-9,11,13H,1,6,10,12,14H2,(H,20,21). The van der Waals surface area contributed by atoms with E-state index in [2.05, 4.69) is 6.58 Å². The van der Waals surface area contributed by atoms with E-state index in [1.165, 1.54) is 0 Å². The summed E-state index contributed by atoms with van der Waals surface area (Å²) in [4.78, 5) is 10.7. The molecule has 0 aliphatic carbocycles. The van der Waals surface area contributed by atoms with Crippen LogP contribution in [0, 0.1) is 0 Å². The largest absolute Gasteiger partial charge is 0.489 e. The van der Waals surface area contributed by atoms with Crippen LogP contribution in [0.3, 0.4) is 0 Å². The lowest BCUT2D eigenvalue weighted by molar-refractivity contribution is -0.136. The van der Waals surface area contributed by atoms with Crippen molar-refractivity contribution in [1.29, 1.82) is 0 Å². The van der Waals surface area contributed by atoms with E-state index in [1.807, 2.05) is 54.6 Å². The number of benzene rings is 2. The molecule has 0 saturated carbocycles. The van der Waals surface area contributed by atoms with Crippen LogP contribution in [0.15, 0.2) is 61.2 Å². The van der Waals surface area contributed by atoms with Crippen molar-refractivity contribution in [3.05, 3.63) is 77.9 Å². The predicted octanol–water partition coefficient (Wildman–Crippen LogP) is 4.01. The Morgan fingerprint density at radius 1 is 1.14 bits per heavy atom. The molecule has 0 aliphatic rings. The number of hydrogen-bond donors (Lipinski definition) is 1. The molecule has 3 heteroatoms. The maximum absolute atomic E-state index is 10.7. The first-order chi connectivity index (χ1) is 10.7. The van der Waals surface area contributed by atoms with Crippen molar-refractivity contribution in [3.63, 3.8) is 0 Å². The lowest BCUT2D eigenvalue weighted by Crippen LogP contribution is -2.01. The summed E-state index contributed by atoms with van der Waals surface area (Å²) in [6.45, 7) is 4.28. The van der Waals surface area contributed by atoms with Gasteiger partial charge in [-0.1, -0.05) is 48.5 Å². The quantitative estimate of drug-likeness (QED) is 0.749. The fourth-order valence-electron chi connectivity index (χ4n) is 2.23. The Hall–Kier alpha value is -2.55. The van der Waals surface area contributed by atoms with Crippen LogP contribution < -0.4 is 4.74 Å². The summed E-state index contributed by atoms with van der Waals surface area (Å²) in [5.74, 6) is 0.0394. The van der Waals surface area contributed by atoms with E-state index >= 15 is 0 Å². The molecule has 0 atom stereocenters. The van der Waals surface area contributed by atoms with E-state index < -0.39 is 5.97 Å². The first-order valence-corrected chi connectivity index (χ1v) is 7.30. The van der Waals surface area contributed by atoms with Crippen LogP contribution in [0.2, 0.25) is 0 Å². The first kappa shape index (κ1) is 15.8. The van der Waals surface area contributed by atoms with E-state index in [1.54, 1.807) is 0 Å². The van der Waals surface area contributed by atoms with Crippen molar-refractivity contribution in [1.82, 2.24) is 0 Å². The molecule has 0 unspecified atom stereocenters. The van der Waals surface area contributed by atoms with Crippen LogP contribution >= 0.6 is 0 Å². The van der Waals surface area contributed by atoms with Gasteiger partial charge in [0.2, 0.25) is 0 Å².